The van der Waals surface area contributed by atoms with Gasteiger partial charge in [0, 0.05) is 30.3 Å². The molecule has 0 saturated carbocycles. The number of carboxylic acid groups (broad SMARTS) is 1. The zero-order valence-corrected chi connectivity index (χ0v) is 14.8. The summed E-state index contributed by atoms with van der Waals surface area (Å²) in [5, 5.41) is 19.6. The quantitative estimate of drug-likeness (QED) is 0.717. The zero-order chi connectivity index (χ0) is 18.5. The molecule has 138 valence electrons. The Labute approximate surface area is 155 Å². The average molecular weight is 378 g/mol. The fourth-order valence-electron chi connectivity index (χ4n) is 3.08. The van der Waals surface area contributed by atoms with Crippen molar-refractivity contribution in [2.75, 3.05) is 19.8 Å². The molecule has 1 aromatic heterocycles. The number of hydrogen-bond donors (Lipinski definition) is 3. The van der Waals surface area contributed by atoms with Crippen molar-refractivity contribution in [3.8, 4) is 11.3 Å². The fourth-order valence-corrected chi connectivity index (χ4v) is 3.20. The topological polar surface area (TPSA) is 104 Å². The number of nitrogens with one attached hydrogen (secondary N) is 2. The van der Waals surface area contributed by atoms with Crippen molar-refractivity contribution in [3.05, 3.63) is 41.0 Å². The summed E-state index contributed by atoms with van der Waals surface area (Å²) in [6, 6.07) is 8.74. The normalized spacial score (nSPS) is 16.2. The maximum absolute atomic E-state index is 12.3. The molecule has 8 heteroatoms. The van der Waals surface area contributed by atoms with E-state index in [2.05, 4.69) is 15.5 Å². The van der Waals surface area contributed by atoms with Crippen molar-refractivity contribution in [2.24, 2.45) is 11.8 Å². The number of aliphatic carboxylic acids is 1. The van der Waals surface area contributed by atoms with Gasteiger partial charge in [-0.05, 0) is 37.0 Å². The van der Waals surface area contributed by atoms with E-state index >= 15 is 0 Å². The highest BCUT2D eigenvalue weighted by molar-refractivity contribution is 6.30. The van der Waals surface area contributed by atoms with Gasteiger partial charge in [-0.15, -0.1) is 0 Å². The largest absolute Gasteiger partial charge is 0.481 e. The fraction of sp³-hybridized carbons (Fsp3) is 0.389. The standard InChI is InChI=1S/C18H20ClN3O4/c19-13-3-1-12(2-4-13)15-9-16(22-21-15)17(23)20-10-14(18(24)25)11-5-7-26-8-6-11/h1-4,9,11,14H,5-8,10H2,(H,20,23)(H,21,22)(H,24,25). The second-order valence-electron chi connectivity index (χ2n) is 6.28. The molecular weight excluding hydrogens is 358 g/mol. The van der Waals surface area contributed by atoms with E-state index in [1.165, 1.54) is 0 Å². The van der Waals surface area contributed by atoms with E-state index in [-0.39, 0.29) is 24.1 Å². The van der Waals surface area contributed by atoms with E-state index in [0.717, 1.165) is 5.56 Å². The van der Waals surface area contributed by atoms with E-state index in [4.69, 9.17) is 16.3 Å². The Kier molecular flexibility index (Phi) is 5.90. The van der Waals surface area contributed by atoms with Gasteiger partial charge in [-0.25, -0.2) is 0 Å². The highest BCUT2D eigenvalue weighted by Gasteiger charge is 2.30. The molecule has 0 aliphatic carbocycles. The molecule has 2 aromatic rings. The van der Waals surface area contributed by atoms with Crippen LogP contribution in [0.25, 0.3) is 11.3 Å². The Morgan fingerprint density at radius 1 is 1.31 bits per heavy atom. The van der Waals surface area contributed by atoms with Crippen LogP contribution in [0.15, 0.2) is 30.3 Å². The van der Waals surface area contributed by atoms with E-state index in [0.29, 0.717) is 36.8 Å². The second-order valence-corrected chi connectivity index (χ2v) is 6.71. The minimum Gasteiger partial charge on any atom is -0.481 e. The first-order valence-corrected chi connectivity index (χ1v) is 8.82. The van der Waals surface area contributed by atoms with Crippen LogP contribution in [0.5, 0.6) is 0 Å². The third kappa shape index (κ3) is 4.42. The van der Waals surface area contributed by atoms with Crippen molar-refractivity contribution >= 4 is 23.5 Å². The summed E-state index contributed by atoms with van der Waals surface area (Å²) < 4.78 is 5.27. The van der Waals surface area contributed by atoms with Gasteiger partial charge in [-0.3, -0.25) is 14.7 Å². The first kappa shape index (κ1) is 18.4. The molecule has 1 saturated heterocycles. The van der Waals surface area contributed by atoms with Crippen LogP contribution < -0.4 is 5.32 Å². The summed E-state index contributed by atoms with van der Waals surface area (Å²) in [6.45, 7) is 1.20. The van der Waals surface area contributed by atoms with Gasteiger partial charge in [0.1, 0.15) is 5.69 Å². The summed E-state index contributed by atoms with van der Waals surface area (Å²) in [6.07, 6.45) is 1.38. The maximum atomic E-state index is 12.3. The molecule has 7 nitrogen and oxygen atoms in total. The van der Waals surface area contributed by atoms with Crippen molar-refractivity contribution < 1.29 is 19.4 Å². The summed E-state index contributed by atoms with van der Waals surface area (Å²) >= 11 is 5.87. The minimum atomic E-state index is -0.899. The highest BCUT2D eigenvalue weighted by atomic mass is 35.5. The molecule has 1 atom stereocenters. The minimum absolute atomic E-state index is 0.00736. The van der Waals surface area contributed by atoms with Gasteiger partial charge >= 0.3 is 5.97 Å². The summed E-state index contributed by atoms with van der Waals surface area (Å²) in [7, 11) is 0. The molecule has 3 N–H and O–H groups in total. The van der Waals surface area contributed by atoms with Crippen molar-refractivity contribution in [1.82, 2.24) is 15.5 Å². The van der Waals surface area contributed by atoms with Gasteiger partial charge < -0.3 is 15.2 Å². The number of H-pyrrole nitrogens is 1. The van der Waals surface area contributed by atoms with Crippen molar-refractivity contribution in [1.29, 1.82) is 0 Å². The highest BCUT2D eigenvalue weighted by Crippen LogP contribution is 2.24. The smallest absolute Gasteiger partial charge is 0.308 e. The number of aromatic nitrogens is 2. The molecule has 1 aliphatic rings. The van der Waals surface area contributed by atoms with Crippen LogP contribution in [0.3, 0.4) is 0 Å². The van der Waals surface area contributed by atoms with Gasteiger partial charge in [0.25, 0.3) is 5.91 Å². The van der Waals surface area contributed by atoms with Gasteiger partial charge in [-0.2, -0.15) is 5.10 Å². The lowest BCUT2D eigenvalue weighted by atomic mass is 9.86. The molecule has 1 amide bonds. The Morgan fingerprint density at radius 3 is 2.65 bits per heavy atom. The van der Waals surface area contributed by atoms with Gasteiger partial charge in [-0.1, -0.05) is 23.7 Å². The van der Waals surface area contributed by atoms with Crippen LogP contribution in [0.4, 0.5) is 0 Å². The van der Waals surface area contributed by atoms with Gasteiger partial charge in [0.05, 0.1) is 11.6 Å². The zero-order valence-electron chi connectivity index (χ0n) is 14.1. The lowest BCUT2D eigenvalue weighted by Crippen LogP contribution is -2.39. The second kappa shape index (κ2) is 8.33. The molecule has 3 rings (SSSR count). The first-order valence-electron chi connectivity index (χ1n) is 8.44. The van der Waals surface area contributed by atoms with Crippen LogP contribution >= 0.6 is 11.6 Å². The molecule has 0 radical (unpaired) electrons. The number of hydrogen-bond acceptors (Lipinski definition) is 4. The molecule has 1 aromatic carbocycles. The van der Waals surface area contributed by atoms with Crippen molar-refractivity contribution in [2.45, 2.75) is 12.8 Å². The number of halogens is 1. The Bertz CT molecular complexity index is 769. The van der Waals surface area contributed by atoms with Gasteiger partial charge in [0.15, 0.2) is 0 Å². The molecule has 2 heterocycles. The van der Waals surface area contributed by atoms with Gasteiger partial charge in [0.2, 0.25) is 0 Å². The van der Waals surface area contributed by atoms with E-state index in [1.807, 2.05) is 12.1 Å². The number of rotatable bonds is 6. The molecule has 0 bridgehead atoms. The Hall–Kier alpha value is -2.38. The summed E-state index contributed by atoms with van der Waals surface area (Å²) in [5.74, 6) is -1.89. The number of nitrogens with zero attached hydrogens (tertiary/aromatic N) is 1. The van der Waals surface area contributed by atoms with Crippen LogP contribution in [0.2, 0.25) is 5.02 Å². The van der Waals surface area contributed by atoms with Crippen LogP contribution in [-0.2, 0) is 9.53 Å². The number of amides is 1. The van der Waals surface area contributed by atoms with Crippen molar-refractivity contribution in [3.63, 3.8) is 0 Å². The molecule has 26 heavy (non-hydrogen) atoms. The predicted octanol–water partition coefficient (Wildman–Crippen LogP) is 2.59. The molecule has 1 aliphatic heterocycles. The number of ether oxygens (including phenoxy) is 1. The molecule has 0 spiro atoms. The first-order chi connectivity index (χ1) is 12.5. The lowest BCUT2D eigenvalue weighted by molar-refractivity contribution is -0.144. The predicted molar refractivity (Wildman–Crippen MR) is 96.0 cm³/mol. The number of carboxylic acids is 1. The monoisotopic (exact) mass is 377 g/mol. The number of benzene rings is 1. The third-order valence-corrected chi connectivity index (χ3v) is 4.85. The SMILES string of the molecule is O=C(NCC(C(=O)O)C1CCOCC1)c1cc(-c2ccc(Cl)cc2)n[nH]1. The Balaban J connectivity index is 1.62. The van der Waals surface area contributed by atoms with E-state index < -0.39 is 11.9 Å². The molecular formula is C18H20ClN3O4. The number of carbonyl (C=O) groups excluding carboxylic acids is 1. The van der Waals surface area contributed by atoms with Crippen LogP contribution in [0, 0.1) is 11.8 Å². The maximum Gasteiger partial charge on any atom is 0.308 e. The van der Waals surface area contributed by atoms with E-state index in [9.17, 15) is 14.7 Å². The lowest BCUT2D eigenvalue weighted by Gasteiger charge is -2.27. The van der Waals surface area contributed by atoms with Crippen LogP contribution in [-0.4, -0.2) is 46.9 Å². The number of aromatic amines is 1. The summed E-state index contributed by atoms with van der Waals surface area (Å²) in [5.41, 5.74) is 1.73. The third-order valence-electron chi connectivity index (χ3n) is 4.60. The molecule has 1 unspecified atom stereocenters. The number of carbonyl (C=O) groups is 2. The Morgan fingerprint density at radius 2 is 2.00 bits per heavy atom. The average Bonchev–Trinajstić information content (AvgIpc) is 3.13. The summed E-state index contributed by atoms with van der Waals surface area (Å²) in [4.78, 5) is 23.9. The molecule has 1 fully saturated rings. The van der Waals surface area contributed by atoms with E-state index in [1.54, 1.807) is 18.2 Å². The van der Waals surface area contributed by atoms with Crippen LogP contribution in [0.1, 0.15) is 23.3 Å².